The maximum absolute atomic E-state index is 5.67. The van der Waals surface area contributed by atoms with Crippen molar-refractivity contribution in [2.75, 3.05) is 13.2 Å². The number of nitrogens with two attached hydrogens (primary N) is 1. The van der Waals surface area contributed by atoms with E-state index in [1.807, 2.05) is 5.38 Å². The van der Waals surface area contributed by atoms with Crippen molar-refractivity contribution in [3.8, 4) is 0 Å². The second kappa shape index (κ2) is 7.84. The van der Waals surface area contributed by atoms with Gasteiger partial charge >= 0.3 is 0 Å². The van der Waals surface area contributed by atoms with E-state index in [1.165, 1.54) is 0 Å². The number of hydrogen-bond donors (Lipinski definition) is 1. The molecule has 0 spiro atoms. The molecule has 104 valence electrons. The second-order valence-electron chi connectivity index (χ2n) is 4.91. The molecular formula is C13H25N3OS. The largest absolute Gasteiger partial charge is 0.374 e. The molecule has 0 radical (unpaired) electrons. The van der Waals surface area contributed by atoms with Gasteiger partial charge in [0.1, 0.15) is 5.01 Å². The molecule has 1 aromatic heterocycles. The average molecular weight is 271 g/mol. The molecule has 0 saturated carbocycles. The van der Waals surface area contributed by atoms with Crippen LogP contribution in [0.3, 0.4) is 0 Å². The van der Waals surface area contributed by atoms with Crippen molar-refractivity contribution >= 4 is 11.3 Å². The highest BCUT2D eigenvalue weighted by Gasteiger charge is 2.12. The molecule has 1 rings (SSSR count). The predicted octanol–water partition coefficient (Wildman–Crippen LogP) is 2.24. The number of rotatable bonds is 8. The van der Waals surface area contributed by atoms with Gasteiger partial charge in [-0.3, -0.25) is 4.90 Å². The van der Waals surface area contributed by atoms with Crippen molar-refractivity contribution in [3.05, 3.63) is 16.1 Å². The zero-order chi connectivity index (χ0) is 13.5. The number of ether oxygens (including phenoxy) is 1. The monoisotopic (exact) mass is 271 g/mol. The SMILES string of the molecule is CC(C)N(CCOCc1csc(CN)n1)C(C)C. The van der Waals surface area contributed by atoms with Gasteiger partial charge in [-0.15, -0.1) is 11.3 Å². The zero-order valence-corrected chi connectivity index (χ0v) is 12.7. The number of aromatic nitrogens is 1. The molecule has 5 heteroatoms. The van der Waals surface area contributed by atoms with Crippen LogP contribution in [0.1, 0.15) is 38.4 Å². The Morgan fingerprint density at radius 3 is 2.50 bits per heavy atom. The quantitative estimate of drug-likeness (QED) is 0.737. The lowest BCUT2D eigenvalue weighted by molar-refractivity contribution is 0.0687. The van der Waals surface area contributed by atoms with Gasteiger partial charge in [0.2, 0.25) is 0 Å². The minimum atomic E-state index is 0.513. The molecule has 18 heavy (non-hydrogen) atoms. The second-order valence-corrected chi connectivity index (χ2v) is 5.86. The van der Waals surface area contributed by atoms with E-state index in [0.29, 0.717) is 25.2 Å². The van der Waals surface area contributed by atoms with Crippen LogP contribution in [0.5, 0.6) is 0 Å². The van der Waals surface area contributed by atoms with Gasteiger partial charge in [-0.25, -0.2) is 4.98 Å². The lowest BCUT2D eigenvalue weighted by atomic mass is 10.2. The Hall–Kier alpha value is -0.490. The highest BCUT2D eigenvalue weighted by Crippen LogP contribution is 2.10. The summed E-state index contributed by atoms with van der Waals surface area (Å²) in [6.07, 6.45) is 0. The van der Waals surface area contributed by atoms with Crippen LogP contribution in [-0.2, 0) is 17.9 Å². The van der Waals surface area contributed by atoms with Gasteiger partial charge in [0.15, 0.2) is 0 Å². The van der Waals surface area contributed by atoms with Crippen LogP contribution < -0.4 is 5.73 Å². The van der Waals surface area contributed by atoms with Crippen LogP contribution in [0, 0.1) is 0 Å². The Morgan fingerprint density at radius 1 is 1.33 bits per heavy atom. The van der Waals surface area contributed by atoms with Gasteiger partial charge in [0, 0.05) is 30.6 Å². The molecule has 0 aliphatic rings. The summed E-state index contributed by atoms with van der Waals surface area (Å²) in [6, 6.07) is 1.11. The minimum Gasteiger partial charge on any atom is -0.374 e. The van der Waals surface area contributed by atoms with E-state index in [1.54, 1.807) is 11.3 Å². The van der Waals surface area contributed by atoms with Crippen LogP contribution in [0.2, 0.25) is 0 Å². The summed E-state index contributed by atoms with van der Waals surface area (Å²) in [7, 11) is 0. The van der Waals surface area contributed by atoms with Crippen molar-refractivity contribution < 1.29 is 4.74 Å². The van der Waals surface area contributed by atoms with Gasteiger partial charge in [-0.2, -0.15) is 0 Å². The standard InChI is InChI=1S/C13H25N3OS/c1-10(2)16(11(3)4)5-6-17-8-12-9-18-13(7-14)15-12/h9-11H,5-8,14H2,1-4H3. The fraction of sp³-hybridized carbons (Fsp3) is 0.769. The molecule has 0 unspecified atom stereocenters. The fourth-order valence-corrected chi connectivity index (χ4v) is 2.63. The average Bonchev–Trinajstić information content (AvgIpc) is 2.75. The Balaban J connectivity index is 2.25. The molecule has 4 nitrogen and oxygen atoms in total. The maximum Gasteiger partial charge on any atom is 0.107 e. The molecule has 0 aliphatic carbocycles. The van der Waals surface area contributed by atoms with Gasteiger partial charge in [0.25, 0.3) is 0 Å². The molecule has 0 saturated heterocycles. The van der Waals surface area contributed by atoms with Crippen LogP contribution in [-0.4, -0.2) is 35.1 Å². The molecular weight excluding hydrogens is 246 g/mol. The van der Waals surface area contributed by atoms with Crippen molar-refractivity contribution in [3.63, 3.8) is 0 Å². The first-order valence-corrected chi connectivity index (χ1v) is 7.39. The zero-order valence-electron chi connectivity index (χ0n) is 11.8. The summed E-state index contributed by atoms with van der Waals surface area (Å²) in [5, 5.41) is 2.99. The lowest BCUT2D eigenvalue weighted by Gasteiger charge is -2.30. The van der Waals surface area contributed by atoms with Crippen LogP contribution in [0.15, 0.2) is 5.38 Å². The minimum absolute atomic E-state index is 0.513. The van der Waals surface area contributed by atoms with Crippen molar-refractivity contribution in [1.82, 2.24) is 9.88 Å². The lowest BCUT2D eigenvalue weighted by Crippen LogP contribution is -2.39. The summed E-state index contributed by atoms with van der Waals surface area (Å²) in [4.78, 5) is 6.79. The molecule has 0 amide bonds. The summed E-state index contributed by atoms with van der Waals surface area (Å²) in [5.41, 5.74) is 6.51. The Morgan fingerprint density at radius 2 is 2.00 bits per heavy atom. The third-order valence-electron chi connectivity index (χ3n) is 2.84. The molecule has 0 aromatic carbocycles. The first kappa shape index (κ1) is 15.6. The highest BCUT2D eigenvalue weighted by atomic mass is 32.1. The normalized spacial score (nSPS) is 12.0. The summed E-state index contributed by atoms with van der Waals surface area (Å²) >= 11 is 1.60. The van der Waals surface area contributed by atoms with Gasteiger partial charge in [-0.05, 0) is 27.7 Å². The molecule has 0 aliphatic heterocycles. The summed E-state index contributed by atoms with van der Waals surface area (Å²) < 4.78 is 5.67. The fourth-order valence-electron chi connectivity index (χ4n) is 1.97. The molecule has 1 heterocycles. The summed E-state index contributed by atoms with van der Waals surface area (Å²) in [6.45, 7) is 11.7. The third-order valence-corrected chi connectivity index (χ3v) is 3.76. The van der Waals surface area contributed by atoms with E-state index in [2.05, 4.69) is 37.6 Å². The van der Waals surface area contributed by atoms with E-state index in [0.717, 1.165) is 23.9 Å². The molecule has 0 fully saturated rings. The number of nitrogens with zero attached hydrogens (tertiary/aromatic N) is 2. The van der Waals surface area contributed by atoms with E-state index in [9.17, 15) is 0 Å². The van der Waals surface area contributed by atoms with Gasteiger partial charge < -0.3 is 10.5 Å². The van der Waals surface area contributed by atoms with E-state index < -0.39 is 0 Å². The number of hydrogen-bond acceptors (Lipinski definition) is 5. The van der Waals surface area contributed by atoms with Gasteiger partial charge in [-0.1, -0.05) is 0 Å². The molecule has 1 aromatic rings. The molecule has 2 N–H and O–H groups in total. The van der Waals surface area contributed by atoms with E-state index in [-0.39, 0.29) is 0 Å². The molecule has 0 bridgehead atoms. The third kappa shape index (κ3) is 5.02. The Bertz CT molecular complexity index is 331. The Labute approximate surface area is 114 Å². The van der Waals surface area contributed by atoms with Crippen molar-refractivity contribution in [2.24, 2.45) is 5.73 Å². The first-order chi connectivity index (χ1) is 8.54. The maximum atomic E-state index is 5.67. The van der Waals surface area contributed by atoms with E-state index in [4.69, 9.17) is 10.5 Å². The highest BCUT2D eigenvalue weighted by molar-refractivity contribution is 7.09. The first-order valence-electron chi connectivity index (χ1n) is 6.51. The van der Waals surface area contributed by atoms with Crippen molar-refractivity contribution in [2.45, 2.75) is 52.9 Å². The predicted molar refractivity (Wildman–Crippen MR) is 76.6 cm³/mol. The molecule has 0 atom stereocenters. The van der Waals surface area contributed by atoms with E-state index >= 15 is 0 Å². The van der Waals surface area contributed by atoms with Crippen LogP contribution >= 0.6 is 11.3 Å². The Kier molecular flexibility index (Phi) is 6.78. The topological polar surface area (TPSA) is 51.4 Å². The number of thiazole rings is 1. The van der Waals surface area contributed by atoms with Crippen LogP contribution in [0.4, 0.5) is 0 Å². The van der Waals surface area contributed by atoms with Crippen molar-refractivity contribution in [1.29, 1.82) is 0 Å². The summed E-state index contributed by atoms with van der Waals surface area (Å²) in [5.74, 6) is 0. The smallest absolute Gasteiger partial charge is 0.107 e. The van der Waals surface area contributed by atoms with Gasteiger partial charge in [0.05, 0.1) is 18.9 Å². The van der Waals surface area contributed by atoms with Crippen LogP contribution in [0.25, 0.3) is 0 Å².